The summed E-state index contributed by atoms with van der Waals surface area (Å²) in [5, 5.41) is 3.98. The topological polar surface area (TPSA) is 78.8 Å². The lowest BCUT2D eigenvalue weighted by molar-refractivity contribution is -0.121. The Bertz CT molecular complexity index is 1180. The number of hydrogen-bond donors (Lipinski definition) is 1. The van der Waals surface area contributed by atoms with E-state index < -0.39 is 15.9 Å². The van der Waals surface area contributed by atoms with Crippen LogP contribution in [-0.4, -0.2) is 37.9 Å². The largest absolute Gasteiger partial charge is 0.272 e. The van der Waals surface area contributed by atoms with Gasteiger partial charge >= 0.3 is 0 Å². The third-order valence-electron chi connectivity index (χ3n) is 5.05. The van der Waals surface area contributed by atoms with Crippen molar-refractivity contribution in [1.82, 2.24) is 9.73 Å². The fraction of sp³-hybridized carbons (Fsp3) is 0.200. The monoisotopic (exact) mass is 527 g/mol. The van der Waals surface area contributed by atoms with Gasteiger partial charge in [0.2, 0.25) is 10.0 Å². The van der Waals surface area contributed by atoms with Gasteiger partial charge in [-0.25, -0.2) is 13.8 Å². The lowest BCUT2D eigenvalue weighted by Crippen LogP contribution is -2.40. The SMILES string of the molecule is CCc1ccc(/C=N\NC(=O)CN(CCc2ccccc2)S(=O)(=O)c2ccc(Br)cc2)cc1. The molecule has 0 atom stereocenters. The summed E-state index contributed by atoms with van der Waals surface area (Å²) in [6.45, 7) is 1.91. The average molecular weight is 528 g/mol. The van der Waals surface area contributed by atoms with E-state index in [1.54, 1.807) is 12.1 Å². The highest BCUT2D eigenvalue weighted by atomic mass is 79.9. The summed E-state index contributed by atoms with van der Waals surface area (Å²) in [5.74, 6) is -0.509. The molecule has 1 amide bonds. The Balaban J connectivity index is 1.71. The van der Waals surface area contributed by atoms with Crippen LogP contribution >= 0.6 is 15.9 Å². The highest BCUT2D eigenvalue weighted by Crippen LogP contribution is 2.19. The van der Waals surface area contributed by atoms with Crippen LogP contribution < -0.4 is 5.43 Å². The molecule has 0 unspecified atom stereocenters. The van der Waals surface area contributed by atoms with Gasteiger partial charge in [-0.2, -0.15) is 9.41 Å². The molecule has 0 bridgehead atoms. The van der Waals surface area contributed by atoms with Crippen molar-refractivity contribution in [1.29, 1.82) is 0 Å². The van der Waals surface area contributed by atoms with E-state index in [4.69, 9.17) is 0 Å². The number of rotatable bonds is 10. The van der Waals surface area contributed by atoms with Crippen molar-refractivity contribution in [3.63, 3.8) is 0 Å². The van der Waals surface area contributed by atoms with Gasteiger partial charge in [0.1, 0.15) is 0 Å². The average Bonchev–Trinajstić information content (AvgIpc) is 2.83. The Hall–Kier alpha value is -2.81. The van der Waals surface area contributed by atoms with Gasteiger partial charge < -0.3 is 0 Å². The molecule has 0 aliphatic rings. The van der Waals surface area contributed by atoms with Crippen molar-refractivity contribution in [2.45, 2.75) is 24.7 Å². The fourth-order valence-corrected chi connectivity index (χ4v) is 4.81. The van der Waals surface area contributed by atoms with Gasteiger partial charge in [-0.3, -0.25) is 4.79 Å². The summed E-state index contributed by atoms with van der Waals surface area (Å²) in [6, 6.07) is 23.8. The zero-order valence-corrected chi connectivity index (χ0v) is 20.7. The molecular formula is C25H26BrN3O3S. The molecule has 172 valence electrons. The number of hydrogen-bond acceptors (Lipinski definition) is 4. The highest BCUT2D eigenvalue weighted by molar-refractivity contribution is 9.10. The molecule has 33 heavy (non-hydrogen) atoms. The number of hydrazone groups is 1. The zero-order chi connectivity index (χ0) is 23.7. The molecule has 0 aromatic heterocycles. The Morgan fingerprint density at radius 2 is 1.64 bits per heavy atom. The first-order chi connectivity index (χ1) is 15.9. The first-order valence-electron chi connectivity index (χ1n) is 10.6. The second-order valence-corrected chi connectivity index (χ2v) is 10.3. The third-order valence-corrected chi connectivity index (χ3v) is 7.44. The van der Waals surface area contributed by atoms with E-state index in [0.29, 0.717) is 6.42 Å². The van der Waals surface area contributed by atoms with Crippen LogP contribution in [0.15, 0.2) is 93.3 Å². The van der Waals surface area contributed by atoms with E-state index in [1.807, 2.05) is 54.6 Å². The van der Waals surface area contributed by atoms with Gasteiger partial charge in [-0.1, -0.05) is 77.5 Å². The molecule has 0 aliphatic carbocycles. The Morgan fingerprint density at radius 3 is 2.27 bits per heavy atom. The number of amides is 1. The number of carbonyl (C=O) groups is 1. The number of nitrogens with zero attached hydrogens (tertiary/aromatic N) is 2. The van der Waals surface area contributed by atoms with Crippen LogP contribution in [0, 0.1) is 0 Å². The van der Waals surface area contributed by atoms with E-state index in [-0.39, 0.29) is 18.0 Å². The lowest BCUT2D eigenvalue weighted by atomic mass is 10.1. The van der Waals surface area contributed by atoms with E-state index in [9.17, 15) is 13.2 Å². The number of carbonyl (C=O) groups excluding carboxylic acids is 1. The summed E-state index contributed by atoms with van der Waals surface area (Å²) in [6.07, 6.45) is 2.96. The number of benzene rings is 3. The molecule has 0 radical (unpaired) electrons. The van der Waals surface area contributed by atoms with Gasteiger partial charge in [0.25, 0.3) is 5.91 Å². The molecule has 0 heterocycles. The summed E-state index contributed by atoms with van der Waals surface area (Å²) < 4.78 is 28.5. The Morgan fingerprint density at radius 1 is 0.970 bits per heavy atom. The molecule has 3 aromatic carbocycles. The predicted molar refractivity (Wildman–Crippen MR) is 135 cm³/mol. The number of sulfonamides is 1. The first-order valence-corrected chi connectivity index (χ1v) is 12.8. The van der Waals surface area contributed by atoms with Crippen LogP contribution in [-0.2, 0) is 27.7 Å². The molecule has 8 heteroatoms. The zero-order valence-electron chi connectivity index (χ0n) is 18.3. The second kappa shape index (κ2) is 11.9. The van der Waals surface area contributed by atoms with Crippen molar-refractivity contribution in [3.05, 3.63) is 100 Å². The van der Waals surface area contributed by atoms with Crippen molar-refractivity contribution in [2.75, 3.05) is 13.1 Å². The maximum absolute atomic E-state index is 13.2. The van der Waals surface area contributed by atoms with Crippen LogP contribution in [0.4, 0.5) is 0 Å². The van der Waals surface area contributed by atoms with Crippen LogP contribution in [0.1, 0.15) is 23.6 Å². The molecule has 0 aliphatic heterocycles. The molecule has 0 saturated carbocycles. The van der Waals surface area contributed by atoms with E-state index in [2.05, 4.69) is 33.4 Å². The summed E-state index contributed by atoms with van der Waals surface area (Å²) in [7, 11) is -3.87. The summed E-state index contributed by atoms with van der Waals surface area (Å²) in [5.41, 5.74) is 5.48. The van der Waals surface area contributed by atoms with Crippen molar-refractivity contribution in [3.8, 4) is 0 Å². The summed E-state index contributed by atoms with van der Waals surface area (Å²) >= 11 is 3.32. The number of aryl methyl sites for hydroxylation is 1. The minimum atomic E-state index is -3.87. The fourth-order valence-electron chi connectivity index (χ4n) is 3.15. The van der Waals surface area contributed by atoms with Gasteiger partial charge in [0.05, 0.1) is 17.7 Å². The van der Waals surface area contributed by atoms with Crippen LogP contribution in [0.5, 0.6) is 0 Å². The van der Waals surface area contributed by atoms with Gasteiger partial charge in [0.15, 0.2) is 0 Å². The van der Waals surface area contributed by atoms with Crippen molar-refractivity contribution >= 4 is 38.1 Å². The van der Waals surface area contributed by atoms with E-state index in [1.165, 1.54) is 28.2 Å². The van der Waals surface area contributed by atoms with Crippen molar-refractivity contribution in [2.24, 2.45) is 5.10 Å². The molecule has 1 N–H and O–H groups in total. The maximum Gasteiger partial charge on any atom is 0.255 e. The van der Waals surface area contributed by atoms with Crippen LogP contribution in [0.2, 0.25) is 0 Å². The standard InChI is InChI=1S/C25H26BrN3O3S/c1-2-20-8-10-22(11-9-20)18-27-28-25(30)19-29(17-16-21-6-4-3-5-7-21)33(31,32)24-14-12-23(26)13-15-24/h3-15,18H,2,16-17,19H2,1H3,(H,28,30)/b27-18-. The molecule has 6 nitrogen and oxygen atoms in total. The molecule has 3 rings (SSSR count). The molecule has 0 fully saturated rings. The molecule has 3 aromatic rings. The molecular weight excluding hydrogens is 502 g/mol. The smallest absolute Gasteiger partial charge is 0.255 e. The van der Waals surface area contributed by atoms with Crippen molar-refractivity contribution < 1.29 is 13.2 Å². The first kappa shape index (κ1) is 24.8. The van der Waals surface area contributed by atoms with Crippen LogP contribution in [0.25, 0.3) is 0 Å². The Kier molecular flexibility index (Phi) is 8.94. The maximum atomic E-state index is 13.2. The van der Waals surface area contributed by atoms with E-state index in [0.717, 1.165) is 22.0 Å². The predicted octanol–water partition coefficient (Wildman–Crippen LogP) is 4.40. The number of halogens is 1. The van der Waals surface area contributed by atoms with E-state index >= 15 is 0 Å². The van der Waals surface area contributed by atoms with Gasteiger partial charge in [-0.05, 0) is 53.8 Å². The van der Waals surface area contributed by atoms with Gasteiger partial charge in [-0.15, -0.1) is 0 Å². The van der Waals surface area contributed by atoms with Gasteiger partial charge in [0, 0.05) is 11.0 Å². The minimum Gasteiger partial charge on any atom is -0.272 e. The number of nitrogens with one attached hydrogen (secondary N) is 1. The molecule has 0 spiro atoms. The second-order valence-electron chi connectivity index (χ2n) is 7.42. The lowest BCUT2D eigenvalue weighted by Gasteiger charge is -2.21. The Labute approximate surface area is 203 Å². The molecule has 0 saturated heterocycles. The minimum absolute atomic E-state index is 0.131. The van der Waals surface area contributed by atoms with Crippen LogP contribution in [0.3, 0.4) is 0 Å². The summed E-state index contributed by atoms with van der Waals surface area (Å²) in [4.78, 5) is 12.7. The highest BCUT2D eigenvalue weighted by Gasteiger charge is 2.26. The normalized spacial score (nSPS) is 11.7. The third kappa shape index (κ3) is 7.35. The quantitative estimate of drug-likeness (QED) is 0.313.